The number of rotatable bonds is 3. The van der Waals surface area contributed by atoms with Crippen molar-refractivity contribution >= 4 is 0 Å². The second-order valence-corrected chi connectivity index (χ2v) is 6.24. The van der Waals surface area contributed by atoms with Crippen molar-refractivity contribution in [3.63, 3.8) is 0 Å². The summed E-state index contributed by atoms with van der Waals surface area (Å²) in [7, 11) is 0. The highest BCUT2D eigenvalue weighted by molar-refractivity contribution is 5.28. The van der Waals surface area contributed by atoms with Gasteiger partial charge in [-0.15, -0.1) is 0 Å². The van der Waals surface area contributed by atoms with Crippen LogP contribution in [0.25, 0.3) is 0 Å². The van der Waals surface area contributed by atoms with E-state index in [-0.39, 0.29) is 0 Å². The average molecular weight is 258 g/mol. The van der Waals surface area contributed by atoms with Crippen LogP contribution in [0.3, 0.4) is 0 Å². The van der Waals surface area contributed by atoms with E-state index >= 15 is 0 Å². The van der Waals surface area contributed by atoms with Crippen molar-refractivity contribution in [3.05, 3.63) is 35.4 Å². The van der Waals surface area contributed by atoms with Crippen LogP contribution < -0.4 is 5.32 Å². The molecule has 3 atom stereocenters. The molecule has 0 bridgehead atoms. The predicted molar refractivity (Wildman–Crippen MR) is 80.3 cm³/mol. The number of hydrogen-bond donors (Lipinski definition) is 1. The van der Waals surface area contributed by atoms with Crippen LogP contribution in [0.1, 0.15) is 49.8 Å². The molecule has 2 aliphatic rings. The Labute approximate surface area is 117 Å². The second kappa shape index (κ2) is 5.64. The normalized spacial score (nSPS) is 29.2. The molecule has 19 heavy (non-hydrogen) atoms. The van der Waals surface area contributed by atoms with Crippen molar-refractivity contribution < 1.29 is 0 Å². The van der Waals surface area contributed by atoms with E-state index in [4.69, 9.17) is 0 Å². The van der Waals surface area contributed by atoms with Gasteiger partial charge < -0.3 is 5.32 Å². The van der Waals surface area contributed by atoms with Crippen molar-refractivity contribution in [2.24, 2.45) is 0 Å². The number of nitrogens with one attached hydrogen (secondary N) is 1. The third-order valence-corrected chi connectivity index (χ3v) is 4.98. The fourth-order valence-electron chi connectivity index (χ4n) is 3.93. The van der Waals surface area contributed by atoms with Gasteiger partial charge >= 0.3 is 0 Å². The lowest BCUT2D eigenvalue weighted by atomic mass is 9.96. The molecular weight excluding hydrogens is 232 g/mol. The Balaban J connectivity index is 1.67. The summed E-state index contributed by atoms with van der Waals surface area (Å²) in [4.78, 5) is 2.70. The van der Waals surface area contributed by atoms with Crippen molar-refractivity contribution in [1.82, 2.24) is 10.2 Å². The fraction of sp³-hybridized carbons (Fsp3) is 0.647. The molecule has 1 aromatic rings. The zero-order valence-corrected chi connectivity index (χ0v) is 12.2. The summed E-state index contributed by atoms with van der Waals surface area (Å²) < 4.78 is 0. The molecule has 2 nitrogen and oxygen atoms in total. The third kappa shape index (κ3) is 2.70. The Morgan fingerprint density at radius 1 is 1.16 bits per heavy atom. The van der Waals surface area contributed by atoms with E-state index in [0.29, 0.717) is 12.1 Å². The van der Waals surface area contributed by atoms with Gasteiger partial charge in [-0.2, -0.15) is 0 Å². The lowest BCUT2D eigenvalue weighted by molar-refractivity contribution is 0.177. The maximum Gasteiger partial charge on any atom is 0.0297 e. The summed E-state index contributed by atoms with van der Waals surface area (Å²) in [5.74, 6) is 0. The quantitative estimate of drug-likeness (QED) is 0.895. The van der Waals surface area contributed by atoms with Crippen LogP contribution in [0.4, 0.5) is 0 Å². The molecule has 0 radical (unpaired) electrons. The zero-order valence-electron chi connectivity index (χ0n) is 12.2. The van der Waals surface area contributed by atoms with Crippen LogP contribution in [0, 0.1) is 6.92 Å². The standard InChI is InChI=1S/C17H26N2/c1-13-7-3-4-8-15(13)14(2)18-16-10-12-19-11-6-5-9-17(16)19/h3-4,7-8,14,16-18H,5-6,9-12H2,1-2H3. The van der Waals surface area contributed by atoms with E-state index in [2.05, 4.69) is 48.3 Å². The highest BCUT2D eigenvalue weighted by Crippen LogP contribution is 2.29. The highest BCUT2D eigenvalue weighted by atomic mass is 15.2. The van der Waals surface area contributed by atoms with E-state index in [9.17, 15) is 0 Å². The highest BCUT2D eigenvalue weighted by Gasteiger charge is 2.35. The largest absolute Gasteiger partial charge is 0.306 e. The van der Waals surface area contributed by atoms with Crippen LogP contribution in [0.15, 0.2) is 24.3 Å². The molecule has 0 spiro atoms. The number of benzene rings is 1. The van der Waals surface area contributed by atoms with Crippen molar-refractivity contribution in [3.8, 4) is 0 Å². The molecule has 0 aliphatic carbocycles. The van der Waals surface area contributed by atoms with Gasteiger partial charge in [-0.1, -0.05) is 30.7 Å². The van der Waals surface area contributed by atoms with Crippen LogP contribution in [-0.4, -0.2) is 30.1 Å². The van der Waals surface area contributed by atoms with Gasteiger partial charge in [0.15, 0.2) is 0 Å². The monoisotopic (exact) mass is 258 g/mol. The van der Waals surface area contributed by atoms with E-state index < -0.39 is 0 Å². The number of aryl methyl sites for hydroxylation is 1. The van der Waals surface area contributed by atoms with Crippen molar-refractivity contribution in [1.29, 1.82) is 0 Å². The maximum absolute atomic E-state index is 3.89. The van der Waals surface area contributed by atoms with Gasteiger partial charge in [-0.05, 0) is 50.8 Å². The van der Waals surface area contributed by atoms with Gasteiger partial charge in [-0.25, -0.2) is 0 Å². The van der Waals surface area contributed by atoms with Gasteiger partial charge in [0, 0.05) is 24.7 Å². The first-order chi connectivity index (χ1) is 9.25. The first-order valence-corrected chi connectivity index (χ1v) is 7.81. The molecule has 1 N–H and O–H groups in total. The van der Waals surface area contributed by atoms with Gasteiger partial charge in [0.05, 0.1) is 0 Å². The Hall–Kier alpha value is -0.860. The Morgan fingerprint density at radius 2 is 2.00 bits per heavy atom. The minimum atomic E-state index is 0.466. The summed E-state index contributed by atoms with van der Waals surface area (Å²) in [5, 5.41) is 3.89. The molecule has 104 valence electrons. The lowest BCUT2D eigenvalue weighted by Gasteiger charge is -2.34. The van der Waals surface area contributed by atoms with Gasteiger partial charge in [0.2, 0.25) is 0 Å². The van der Waals surface area contributed by atoms with Crippen LogP contribution in [-0.2, 0) is 0 Å². The number of piperidine rings is 1. The molecule has 0 amide bonds. The van der Waals surface area contributed by atoms with E-state index in [1.807, 2.05) is 0 Å². The first kappa shape index (κ1) is 13.1. The number of nitrogens with zero attached hydrogens (tertiary/aromatic N) is 1. The van der Waals surface area contributed by atoms with E-state index in [1.54, 1.807) is 0 Å². The van der Waals surface area contributed by atoms with Gasteiger partial charge in [-0.3, -0.25) is 4.90 Å². The Kier molecular flexibility index (Phi) is 3.90. The smallest absolute Gasteiger partial charge is 0.0297 e. The maximum atomic E-state index is 3.89. The average Bonchev–Trinajstić information content (AvgIpc) is 2.83. The summed E-state index contributed by atoms with van der Waals surface area (Å²) in [6.07, 6.45) is 5.52. The molecule has 2 saturated heterocycles. The first-order valence-electron chi connectivity index (χ1n) is 7.81. The lowest BCUT2D eigenvalue weighted by Crippen LogP contribution is -2.45. The molecule has 0 saturated carbocycles. The van der Waals surface area contributed by atoms with E-state index in [0.717, 1.165) is 6.04 Å². The molecule has 2 aliphatic heterocycles. The van der Waals surface area contributed by atoms with Gasteiger partial charge in [0.25, 0.3) is 0 Å². The SMILES string of the molecule is Cc1ccccc1C(C)NC1CCN2CCCCC12. The Morgan fingerprint density at radius 3 is 2.84 bits per heavy atom. The second-order valence-electron chi connectivity index (χ2n) is 6.24. The fourth-order valence-corrected chi connectivity index (χ4v) is 3.93. The molecule has 2 heteroatoms. The molecule has 3 rings (SSSR count). The third-order valence-electron chi connectivity index (χ3n) is 4.98. The Bertz CT molecular complexity index is 429. The van der Waals surface area contributed by atoms with Gasteiger partial charge in [0.1, 0.15) is 0 Å². The minimum absolute atomic E-state index is 0.466. The summed E-state index contributed by atoms with van der Waals surface area (Å²) in [6.45, 7) is 7.15. The molecule has 0 aromatic heterocycles. The minimum Gasteiger partial charge on any atom is -0.306 e. The zero-order chi connectivity index (χ0) is 13.2. The van der Waals surface area contributed by atoms with E-state index in [1.165, 1.54) is 49.9 Å². The number of hydrogen-bond acceptors (Lipinski definition) is 2. The molecule has 1 aromatic carbocycles. The molecule has 2 fully saturated rings. The molecule has 3 unspecified atom stereocenters. The molecule has 2 heterocycles. The predicted octanol–water partition coefficient (Wildman–Crippen LogP) is 3.27. The van der Waals surface area contributed by atoms with Crippen molar-refractivity contribution in [2.45, 2.75) is 57.7 Å². The van der Waals surface area contributed by atoms with Crippen molar-refractivity contribution in [2.75, 3.05) is 13.1 Å². The van der Waals surface area contributed by atoms with Crippen LogP contribution in [0.5, 0.6) is 0 Å². The summed E-state index contributed by atoms with van der Waals surface area (Å²) in [5.41, 5.74) is 2.86. The summed E-state index contributed by atoms with van der Waals surface area (Å²) >= 11 is 0. The molecular formula is C17H26N2. The topological polar surface area (TPSA) is 15.3 Å². The summed E-state index contributed by atoms with van der Waals surface area (Å²) in [6, 6.07) is 10.7. The van der Waals surface area contributed by atoms with Crippen LogP contribution >= 0.6 is 0 Å². The number of fused-ring (bicyclic) bond motifs is 1. The van der Waals surface area contributed by atoms with Crippen LogP contribution in [0.2, 0.25) is 0 Å².